The van der Waals surface area contributed by atoms with Crippen LogP contribution in [0.25, 0.3) is 0 Å². The van der Waals surface area contributed by atoms with E-state index < -0.39 is 14.9 Å². The van der Waals surface area contributed by atoms with Crippen molar-refractivity contribution in [3.05, 3.63) is 50.7 Å². The highest BCUT2D eigenvalue weighted by molar-refractivity contribution is 7.89. The molecule has 0 radical (unpaired) electrons. The Kier molecular flexibility index (Phi) is 5.34. The molecule has 124 valence electrons. The van der Waals surface area contributed by atoms with Crippen LogP contribution in [0.4, 0.5) is 5.69 Å². The molecule has 1 aromatic carbocycles. The second-order valence-electron chi connectivity index (χ2n) is 4.60. The molecule has 2 rings (SSSR count). The molecule has 0 N–H and O–H groups in total. The molecule has 0 spiro atoms. The van der Waals surface area contributed by atoms with Crippen LogP contribution < -0.4 is 4.74 Å². The number of ether oxygens (including phenoxy) is 1. The van der Waals surface area contributed by atoms with Gasteiger partial charge in [-0.15, -0.1) is 11.3 Å². The lowest BCUT2D eigenvalue weighted by Crippen LogP contribution is -2.30. The Labute approximate surface area is 138 Å². The van der Waals surface area contributed by atoms with Gasteiger partial charge in [-0.25, -0.2) is 8.42 Å². The smallest absolute Gasteiger partial charge is 0.273 e. The number of thiophene rings is 1. The standard InChI is InChI=1S/C14H16N2O5S2/c1-3-15(10-12-5-4-8-22-12)23(19,20)14-7-6-11(16(17)18)9-13(14)21-2/h4-9H,3,10H2,1-2H3. The van der Waals surface area contributed by atoms with Crippen molar-refractivity contribution in [3.63, 3.8) is 0 Å². The quantitative estimate of drug-likeness (QED) is 0.562. The van der Waals surface area contributed by atoms with Crippen molar-refractivity contribution in [2.24, 2.45) is 0 Å². The van der Waals surface area contributed by atoms with Crippen molar-refractivity contribution >= 4 is 27.0 Å². The average Bonchev–Trinajstić information content (AvgIpc) is 3.04. The van der Waals surface area contributed by atoms with Crippen molar-refractivity contribution in [3.8, 4) is 5.75 Å². The van der Waals surface area contributed by atoms with Gasteiger partial charge in [-0.1, -0.05) is 13.0 Å². The van der Waals surface area contributed by atoms with Gasteiger partial charge in [-0.3, -0.25) is 10.1 Å². The lowest BCUT2D eigenvalue weighted by Gasteiger charge is -2.21. The summed E-state index contributed by atoms with van der Waals surface area (Å²) in [4.78, 5) is 11.1. The Morgan fingerprint density at radius 3 is 2.61 bits per heavy atom. The first-order chi connectivity index (χ1) is 10.9. The predicted molar refractivity (Wildman–Crippen MR) is 87.2 cm³/mol. The van der Waals surface area contributed by atoms with Gasteiger partial charge in [0.05, 0.1) is 18.1 Å². The number of nitrogens with zero attached hydrogens (tertiary/aromatic N) is 2. The fourth-order valence-electron chi connectivity index (χ4n) is 2.07. The lowest BCUT2D eigenvalue weighted by atomic mass is 10.3. The maximum Gasteiger partial charge on any atom is 0.273 e. The van der Waals surface area contributed by atoms with Crippen LogP contribution in [0.5, 0.6) is 5.75 Å². The van der Waals surface area contributed by atoms with Gasteiger partial charge in [0, 0.05) is 24.0 Å². The van der Waals surface area contributed by atoms with Gasteiger partial charge in [0.15, 0.2) is 0 Å². The summed E-state index contributed by atoms with van der Waals surface area (Å²) in [5.74, 6) is -0.0381. The molecule has 0 amide bonds. The van der Waals surface area contributed by atoms with E-state index in [-0.39, 0.29) is 29.4 Å². The summed E-state index contributed by atoms with van der Waals surface area (Å²) in [6.07, 6.45) is 0. The summed E-state index contributed by atoms with van der Waals surface area (Å²) in [5.41, 5.74) is -0.220. The van der Waals surface area contributed by atoms with E-state index in [9.17, 15) is 18.5 Å². The topological polar surface area (TPSA) is 89.8 Å². The van der Waals surface area contributed by atoms with Crippen LogP contribution in [0.3, 0.4) is 0 Å². The van der Waals surface area contributed by atoms with E-state index in [0.29, 0.717) is 0 Å². The number of non-ortho nitro benzene ring substituents is 1. The molecule has 0 aliphatic rings. The van der Waals surface area contributed by atoms with E-state index in [1.807, 2.05) is 17.5 Å². The molecule has 0 aliphatic heterocycles. The molecule has 1 aromatic heterocycles. The number of hydrogen-bond acceptors (Lipinski definition) is 6. The van der Waals surface area contributed by atoms with Gasteiger partial charge < -0.3 is 4.74 Å². The highest BCUT2D eigenvalue weighted by Gasteiger charge is 2.28. The molecule has 0 atom stereocenters. The highest BCUT2D eigenvalue weighted by Crippen LogP contribution is 2.31. The molecule has 1 heterocycles. The summed E-state index contributed by atoms with van der Waals surface area (Å²) in [6.45, 7) is 2.26. The number of hydrogen-bond donors (Lipinski definition) is 0. The SMILES string of the molecule is CCN(Cc1cccs1)S(=O)(=O)c1ccc([N+](=O)[O-])cc1OC. The maximum absolute atomic E-state index is 12.8. The second kappa shape index (κ2) is 7.07. The van der Waals surface area contributed by atoms with E-state index in [1.54, 1.807) is 6.92 Å². The summed E-state index contributed by atoms with van der Waals surface area (Å²) in [6, 6.07) is 7.20. The number of sulfonamides is 1. The van der Waals surface area contributed by atoms with Crippen LogP contribution in [0.2, 0.25) is 0 Å². The Balaban J connectivity index is 2.42. The molecule has 23 heavy (non-hydrogen) atoms. The normalized spacial score (nSPS) is 11.6. The molecular formula is C14H16N2O5S2. The summed E-state index contributed by atoms with van der Waals surface area (Å²) in [7, 11) is -2.53. The monoisotopic (exact) mass is 356 g/mol. The number of nitro benzene ring substituents is 1. The summed E-state index contributed by atoms with van der Waals surface area (Å²) in [5, 5.41) is 12.7. The largest absolute Gasteiger partial charge is 0.495 e. The Morgan fingerprint density at radius 2 is 2.09 bits per heavy atom. The summed E-state index contributed by atoms with van der Waals surface area (Å²) >= 11 is 1.47. The number of nitro groups is 1. The molecule has 0 unspecified atom stereocenters. The minimum absolute atomic E-state index is 0.0381. The first kappa shape index (κ1) is 17.4. The van der Waals surface area contributed by atoms with Crippen molar-refractivity contribution in [2.75, 3.05) is 13.7 Å². The highest BCUT2D eigenvalue weighted by atomic mass is 32.2. The van der Waals surface area contributed by atoms with Crippen molar-refractivity contribution < 1.29 is 18.1 Å². The van der Waals surface area contributed by atoms with Crippen LogP contribution in [0, 0.1) is 10.1 Å². The molecular weight excluding hydrogens is 340 g/mol. The van der Waals surface area contributed by atoms with Crippen LogP contribution in [0.1, 0.15) is 11.8 Å². The second-order valence-corrected chi connectivity index (χ2v) is 7.54. The Bertz CT molecular complexity index is 788. The molecule has 0 saturated heterocycles. The average molecular weight is 356 g/mol. The van der Waals surface area contributed by atoms with E-state index in [4.69, 9.17) is 4.74 Å². The van der Waals surface area contributed by atoms with Crippen molar-refractivity contribution in [1.29, 1.82) is 0 Å². The Morgan fingerprint density at radius 1 is 1.35 bits per heavy atom. The van der Waals surface area contributed by atoms with Gasteiger partial charge in [0.1, 0.15) is 10.6 Å². The molecule has 9 heteroatoms. The fraction of sp³-hybridized carbons (Fsp3) is 0.286. The van der Waals surface area contributed by atoms with E-state index >= 15 is 0 Å². The first-order valence-corrected chi connectivity index (χ1v) is 9.07. The third kappa shape index (κ3) is 3.69. The van der Waals surface area contributed by atoms with Crippen LogP contribution in [-0.4, -0.2) is 31.3 Å². The van der Waals surface area contributed by atoms with Crippen LogP contribution >= 0.6 is 11.3 Å². The van der Waals surface area contributed by atoms with Crippen LogP contribution in [0.15, 0.2) is 40.6 Å². The van der Waals surface area contributed by atoms with Gasteiger partial charge in [0.2, 0.25) is 10.0 Å². The minimum Gasteiger partial charge on any atom is -0.495 e. The van der Waals surface area contributed by atoms with Crippen LogP contribution in [-0.2, 0) is 16.6 Å². The molecule has 7 nitrogen and oxygen atoms in total. The van der Waals surface area contributed by atoms with Gasteiger partial charge in [0.25, 0.3) is 5.69 Å². The van der Waals surface area contributed by atoms with E-state index in [0.717, 1.165) is 17.0 Å². The summed E-state index contributed by atoms with van der Waals surface area (Å²) < 4.78 is 32.0. The number of rotatable bonds is 7. The molecule has 0 aliphatic carbocycles. The zero-order valence-corrected chi connectivity index (χ0v) is 14.3. The fourth-order valence-corrected chi connectivity index (χ4v) is 4.43. The van der Waals surface area contributed by atoms with Crippen molar-refractivity contribution in [1.82, 2.24) is 4.31 Å². The minimum atomic E-state index is -3.82. The molecule has 0 fully saturated rings. The zero-order chi connectivity index (χ0) is 17.0. The molecule has 2 aromatic rings. The third-order valence-corrected chi connectivity index (χ3v) is 6.06. The van der Waals surface area contributed by atoms with Gasteiger partial charge in [-0.05, 0) is 17.5 Å². The van der Waals surface area contributed by atoms with Crippen molar-refractivity contribution in [2.45, 2.75) is 18.4 Å². The maximum atomic E-state index is 12.8. The van der Waals surface area contributed by atoms with E-state index in [2.05, 4.69) is 0 Å². The van der Waals surface area contributed by atoms with Gasteiger partial charge in [-0.2, -0.15) is 4.31 Å². The first-order valence-electron chi connectivity index (χ1n) is 6.75. The predicted octanol–water partition coefficient (Wildman–Crippen LogP) is 2.88. The number of benzene rings is 1. The zero-order valence-electron chi connectivity index (χ0n) is 12.6. The van der Waals surface area contributed by atoms with Gasteiger partial charge >= 0.3 is 0 Å². The molecule has 0 bridgehead atoms. The molecule has 0 saturated carbocycles. The Hall–Kier alpha value is -1.97. The number of methoxy groups -OCH3 is 1. The third-order valence-electron chi connectivity index (χ3n) is 3.24. The lowest BCUT2D eigenvalue weighted by molar-refractivity contribution is -0.385. The van der Waals surface area contributed by atoms with E-state index in [1.165, 1.54) is 28.8 Å².